The van der Waals surface area contributed by atoms with E-state index < -0.39 is 5.97 Å². The number of aliphatic carboxylic acids is 1. The topological polar surface area (TPSA) is 50.2 Å². The molecule has 0 aliphatic heterocycles. The van der Waals surface area contributed by atoms with Crippen molar-refractivity contribution in [3.63, 3.8) is 0 Å². The molecule has 1 unspecified atom stereocenters. The number of aromatic nitrogens is 1. The summed E-state index contributed by atoms with van der Waals surface area (Å²) in [6, 6.07) is 0. The van der Waals surface area contributed by atoms with Crippen molar-refractivity contribution in [2.24, 2.45) is 5.92 Å². The Bertz CT molecular complexity index is 477. The molecule has 1 fully saturated rings. The van der Waals surface area contributed by atoms with Gasteiger partial charge in [0, 0.05) is 4.88 Å². The highest BCUT2D eigenvalue weighted by atomic mass is 32.1. The van der Waals surface area contributed by atoms with Crippen LogP contribution in [0.1, 0.15) is 72.9 Å². The second-order valence-corrected chi connectivity index (χ2v) is 7.41. The first-order chi connectivity index (χ1) is 9.74. The Morgan fingerprint density at radius 3 is 2.75 bits per heavy atom. The summed E-state index contributed by atoms with van der Waals surface area (Å²) < 4.78 is 0. The van der Waals surface area contributed by atoms with E-state index in [1.165, 1.54) is 48.4 Å². The van der Waals surface area contributed by atoms with Crippen LogP contribution in [0.15, 0.2) is 0 Å². The molecule has 1 aromatic rings. The molecule has 2 aliphatic carbocycles. The maximum atomic E-state index is 11.3. The fraction of sp³-hybridized carbons (Fsp3) is 0.750. The van der Waals surface area contributed by atoms with E-state index in [0.29, 0.717) is 0 Å². The van der Waals surface area contributed by atoms with E-state index in [-0.39, 0.29) is 5.92 Å². The number of fused-ring (bicyclic) bond motifs is 1. The van der Waals surface area contributed by atoms with Crippen molar-refractivity contribution in [2.45, 2.75) is 70.1 Å². The number of aryl methyl sites for hydroxylation is 2. The Kier molecular flexibility index (Phi) is 4.39. The lowest BCUT2D eigenvalue weighted by Gasteiger charge is -2.20. The van der Waals surface area contributed by atoms with Gasteiger partial charge in [-0.25, -0.2) is 4.98 Å². The van der Waals surface area contributed by atoms with Gasteiger partial charge in [-0.3, -0.25) is 4.79 Å². The van der Waals surface area contributed by atoms with Gasteiger partial charge in [0.15, 0.2) is 0 Å². The van der Waals surface area contributed by atoms with Crippen LogP contribution >= 0.6 is 11.3 Å². The van der Waals surface area contributed by atoms with E-state index >= 15 is 0 Å². The number of hydrogen-bond donors (Lipinski definition) is 1. The fourth-order valence-electron chi connectivity index (χ4n) is 3.62. The standard InChI is InChI=1S/C16H23NO2S/c18-16(19)12-7-4-8-13-15(12)17-14(20-13)10-9-11-5-2-1-3-6-11/h11-12H,1-10H2,(H,18,19). The van der Waals surface area contributed by atoms with Crippen LogP contribution in [0.2, 0.25) is 0 Å². The molecule has 3 rings (SSSR count). The van der Waals surface area contributed by atoms with E-state index in [9.17, 15) is 9.90 Å². The minimum Gasteiger partial charge on any atom is -0.481 e. The van der Waals surface area contributed by atoms with Crippen molar-refractivity contribution in [1.82, 2.24) is 4.98 Å². The maximum Gasteiger partial charge on any atom is 0.312 e. The first-order valence-electron chi connectivity index (χ1n) is 7.95. The third-order valence-corrected chi connectivity index (χ3v) is 5.98. The van der Waals surface area contributed by atoms with Gasteiger partial charge in [-0.15, -0.1) is 11.3 Å². The summed E-state index contributed by atoms with van der Waals surface area (Å²) in [6.45, 7) is 0. The average Bonchev–Trinajstić information content (AvgIpc) is 2.88. The summed E-state index contributed by atoms with van der Waals surface area (Å²) in [4.78, 5) is 17.2. The molecular weight excluding hydrogens is 270 g/mol. The average molecular weight is 293 g/mol. The number of rotatable bonds is 4. The molecule has 0 saturated heterocycles. The molecule has 0 amide bonds. The van der Waals surface area contributed by atoms with E-state index in [0.717, 1.165) is 37.3 Å². The summed E-state index contributed by atoms with van der Waals surface area (Å²) in [5.74, 6) is -0.173. The number of thiazole rings is 1. The van der Waals surface area contributed by atoms with Gasteiger partial charge in [0.1, 0.15) is 0 Å². The molecule has 0 bridgehead atoms. The predicted molar refractivity (Wildman–Crippen MR) is 80.3 cm³/mol. The minimum absolute atomic E-state index is 0.349. The fourth-order valence-corrected chi connectivity index (χ4v) is 4.81. The molecule has 110 valence electrons. The SMILES string of the molecule is O=C(O)C1CCCc2sc(CCC3CCCCC3)nc21. The number of carboxylic acid groups (broad SMARTS) is 1. The van der Waals surface area contributed by atoms with Gasteiger partial charge >= 0.3 is 5.97 Å². The van der Waals surface area contributed by atoms with E-state index in [1.807, 2.05) is 0 Å². The van der Waals surface area contributed by atoms with Crippen LogP contribution < -0.4 is 0 Å². The lowest BCUT2D eigenvalue weighted by Crippen LogP contribution is -2.17. The Balaban J connectivity index is 1.64. The highest BCUT2D eigenvalue weighted by molar-refractivity contribution is 7.11. The van der Waals surface area contributed by atoms with Gasteiger partial charge in [-0.05, 0) is 38.0 Å². The number of carboxylic acids is 1. The van der Waals surface area contributed by atoms with Gasteiger partial charge in [-0.2, -0.15) is 0 Å². The van der Waals surface area contributed by atoms with Crippen molar-refractivity contribution in [2.75, 3.05) is 0 Å². The molecule has 1 N–H and O–H groups in total. The molecule has 4 heteroatoms. The van der Waals surface area contributed by atoms with Gasteiger partial charge in [0.05, 0.1) is 16.6 Å². The second-order valence-electron chi connectivity index (χ2n) is 6.24. The Morgan fingerprint density at radius 2 is 2.00 bits per heavy atom. The van der Waals surface area contributed by atoms with Crippen LogP contribution in [0, 0.1) is 5.92 Å². The zero-order valence-corrected chi connectivity index (χ0v) is 12.8. The van der Waals surface area contributed by atoms with Crippen molar-refractivity contribution in [1.29, 1.82) is 0 Å². The van der Waals surface area contributed by atoms with E-state index in [1.54, 1.807) is 11.3 Å². The molecule has 0 radical (unpaired) electrons. The maximum absolute atomic E-state index is 11.3. The molecule has 0 aromatic carbocycles. The Labute approximate surface area is 124 Å². The lowest BCUT2D eigenvalue weighted by atomic mass is 9.86. The summed E-state index contributed by atoms with van der Waals surface area (Å²) in [5.41, 5.74) is 0.882. The lowest BCUT2D eigenvalue weighted by molar-refractivity contribution is -0.139. The zero-order valence-electron chi connectivity index (χ0n) is 11.9. The molecule has 1 atom stereocenters. The quantitative estimate of drug-likeness (QED) is 0.906. The van der Waals surface area contributed by atoms with Crippen LogP contribution in [0.3, 0.4) is 0 Å². The minimum atomic E-state index is -0.699. The number of nitrogens with zero attached hydrogens (tertiary/aromatic N) is 1. The van der Waals surface area contributed by atoms with Gasteiger partial charge in [0.25, 0.3) is 0 Å². The number of carbonyl (C=O) groups is 1. The van der Waals surface area contributed by atoms with Gasteiger partial charge < -0.3 is 5.11 Å². The Morgan fingerprint density at radius 1 is 1.20 bits per heavy atom. The van der Waals surface area contributed by atoms with Crippen LogP contribution in [-0.4, -0.2) is 16.1 Å². The predicted octanol–water partition coefficient (Wildman–Crippen LogP) is 4.16. The Hall–Kier alpha value is -0.900. The number of hydrogen-bond acceptors (Lipinski definition) is 3. The van der Waals surface area contributed by atoms with Crippen molar-refractivity contribution >= 4 is 17.3 Å². The van der Waals surface area contributed by atoms with Crippen molar-refractivity contribution in [3.05, 3.63) is 15.6 Å². The third kappa shape index (κ3) is 3.05. The smallest absolute Gasteiger partial charge is 0.312 e. The summed E-state index contributed by atoms with van der Waals surface area (Å²) in [6.07, 6.45) is 12.0. The highest BCUT2D eigenvalue weighted by Crippen LogP contribution is 2.36. The zero-order chi connectivity index (χ0) is 13.9. The molecule has 1 heterocycles. The summed E-state index contributed by atoms with van der Waals surface area (Å²) in [5, 5.41) is 10.5. The molecule has 1 aromatic heterocycles. The van der Waals surface area contributed by atoms with E-state index in [4.69, 9.17) is 0 Å². The van der Waals surface area contributed by atoms with E-state index in [2.05, 4.69) is 4.98 Å². The summed E-state index contributed by atoms with van der Waals surface area (Å²) >= 11 is 1.77. The molecular formula is C16H23NO2S. The third-order valence-electron chi connectivity index (χ3n) is 4.79. The molecule has 3 nitrogen and oxygen atoms in total. The van der Waals surface area contributed by atoms with Crippen LogP contribution in [0.4, 0.5) is 0 Å². The molecule has 0 spiro atoms. The van der Waals surface area contributed by atoms with Crippen molar-refractivity contribution < 1.29 is 9.90 Å². The largest absolute Gasteiger partial charge is 0.481 e. The highest BCUT2D eigenvalue weighted by Gasteiger charge is 2.29. The monoisotopic (exact) mass is 293 g/mol. The molecule has 2 aliphatic rings. The molecule has 20 heavy (non-hydrogen) atoms. The van der Waals surface area contributed by atoms with Gasteiger partial charge in [-0.1, -0.05) is 32.1 Å². The van der Waals surface area contributed by atoms with Crippen molar-refractivity contribution in [3.8, 4) is 0 Å². The second kappa shape index (κ2) is 6.25. The van der Waals surface area contributed by atoms with Gasteiger partial charge in [0.2, 0.25) is 0 Å². The van der Waals surface area contributed by atoms with Crippen LogP contribution in [-0.2, 0) is 17.6 Å². The molecule has 1 saturated carbocycles. The first kappa shape index (κ1) is 14.1. The summed E-state index contributed by atoms with van der Waals surface area (Å²) in [7, 11) is 0. The van der Waals surface area contributed by atoms with Crippen LogP contribution in [0.25, 0.3) is 0 Å². The van der Waals surface area contributed by atoms with Crippen LogP contribution in [0.5, 0.6) is 0 Å². The normalized spacial score (nSPS) is 23.5. The first-order valence-corrected chi connectivity index (χ1v) is 8.77.